The number of thioether (sulfide) groups is 1. The van der Waals surface area contributed by atoms with Gasteiger partial charge in [-0.3, -0.25) is 4.99 Å². The van der Waals surface area contributed by atoms with Gasteiger partial charge in [0.1, 0.15) is 23.7 Å². The molecule has 0 aromatic rings. The maximum atomic E-state index is 10.2. The van der Waals surface area contributed by atoms with E-state index < -0.39 is 18.2 Å². The highest BCUT2D eigenvalue weighted by molar-refractivity contribution is 8.14. The summed E-state index contributed by atoms with van der Waals surface area (Å²) in [5.41, 5.74) is -0.217. The van der Waals surface area contributed by atoms with E-state index in [1.54, 1.807) is 0 Å². The Labute approximate surface area is 130 Å². The van der Waals surface area contributed by atoms with Gasteiger partial charge in [0, 0.05) is 13.2 Å². The molecular formula is C14H26N2O4S. The Morgan fingerprint density at radius 3 is 2.76 bits per heavy atom. The van der Waals surface area contributed by atoms with Crippen LogP contribution in [0, 0.1) is 0 Å². The maximum absolute atomic E-state index is 10.2. The SMILES string of the molecule is CCCNC1=N[C@@H]2[C@@H](O)[C@H](O)[C@@H](CCCCCO)O[C@@H]2S1. The van der Waals surface area contributed by atoms with Gasteiger partial charge in [-0.2, -0.15) is 0 Å². The fraction of sp³-hybridized carbons (Fsp3) is 0.929. The average molecular weight is 318 g/mol. The van der Waals surface area contributed by atoms with Crippen molar-refractivity contribution in [3.8, 4) is 0 Å². The fourth-order valence-electron chi connectivity index (χ4n) is 2.62. The predicted molar refractivity (Wildman–Crippen MR) is 83.3 cm³/mol. The zero-order valence-corrected chi connectivity index (χ0v) is 13.3. The van der Waals surface area contributed by atoms with Gasteiger partial charge in [0.15, 0.2) is 5.17 Å². The van der Waals surface area contributed by atoms with Crippen LogP contribution >= 0.6 is 11.8 Å². The zero-order chi connectivity index (χ0) is 15.2. The summed E-state index contributed by atoms with van der Waals surface area (Å²) in [6.45, 7) is 3.11. The van der Waals surface area contributed by atoms with Crippen molar-refractivity contribution < 1.29 is 20.1 Å². The lowest BCUT2D eigenvalue weighted by atomic mass is 9.95. The van der Waals surface area contributed by atoms with Crippen molar-refractivity contribution >= 4 is 16.9 Å². The van der Waals surface area contributed by atoms with Crippen LogP contribution in [0.3, 0.4) is 0 Å². The molecule has 0 aliphatic carbocycles. The first-order valence-electron chi connectivity index (χ1n) is 7.78. The number of unbranched alkanes of at least 4 members (excludes halogenated alkanes) is 2. The number of hydrogen-bond acceptors (Lipinski definition) is 7. The van der Waals surface area contributed by atoms with E-state index >= 15 is 0 Å². The second-order valence-corrected chi connectivity index (χ2v) is 6.65. The summed E-state index contributed by atoms with van der Waals surface area (Å²) in [5.74, 6) is 0. The zero-order valence-electron chi connectivity index (χ0n) is 12.4. The van der Waals surface area contributed by atoms with E-state index in [0.29, 0.717) is 6.42 Å². The number of aliphatic hydroxyl groups is 3. The molecule has 7 heteroatoms. The predicted octanol–water partition coefficient (Wildman–Crippen LogP) is 0.457. The maximum Gasteiger partial charge on any atom is 0.159 e. The Bertz CT molecular complexity index is 356. The average Bonchev–Trinajstić information content (AvgIpc) is 2.89. The van der Waals surface area contributed by atoms with Crippen molar-refractivity contribution in [2.75, 3.05) is 13.2 Å². The lowest BCUT2D eigenvalue weighted by Crippen LogP contribution is -2.54. The molecule has 0 saturated carbocycles. The van der Waals surface area contributed by atoms with Crippen LogP contribution in [0.15, 0.2) is 4.99 Å². The number of hydrogen-bond donors (Lipinski definition) is 4. The standard InChI is InChI=1S/C14H26N2O4S/c1-2-7-15-14-16-10-12(19)11(18)9(20-13(10)21-14)6-4-3-5-8-17/h9-13,17-19H,2-8H2,1H3,(H,15,16)/t9-,10-,11-,12-,13-/m1/s1. The molecule has 0 spiro atoms. The molecule has 1 saturated heterocycles. The number of aliphatic imine (C=N–C) groups is 1. The highest BCUT2D eigenvalue weighted by Crippen LogP contribution is 2.37. The molecule has 2 rings (SSSR count). The molecule has 122 valence electrons. The largest absolute Gasteiger partial charge is 0.396 e. The fourth-order valence-corrected chi connectivity index (χ4v) is 3.77. The van der Waals surface area contributed by atoms with Gasteiger partial charge in [0.05, 0.1) is 6.10 Å². The van der Waals surface area contributed by atoms with Gasteiger partial charge in [-0.05, 0) is 19.3 Å². The van der Waals surface area contributed by atoms with Gasteiger partial charge in [-0.15, -0.1) is 0 Å². The number of amidine groups is 1. The second kappa shape index (κ2) is 8.33. The highest BCUT2D eigenvalue weighted by atomic mass is 32.2. The molecule has 21 heavy (non-hydrogen) atoms. The lowest BCUT2D eigenvalue weighted by Gasteiger charge is -2.38. The first-order valence-corrected chi connectivity index (χ1v) is 8.66. The van der Waals surface area contributed by atoms with Gasteiger partial charge in [0.2, 0.25) is 0 Å². The normalized spacial score (nSPS) is 35.4. The lowest BCUT2D eigenvalue weighted by molar-refractivity contribution is -0.154. The molecule has 0 aromatic heterocycles. The first kappa shape index (κ1) is 17.0. The monoisotopic (exact) mass is 318 g/mol. The Balaban J connectivity index is 1.86. The molecule has 0 bridgehead atoms. The van der Waals surface area contributed by atoms with Crippen molar-refractivity contribution in [3.05, 3.63) is 0 Å². The van der Waals surface area contributed by atoms with Gasteiger partial charge in [0.25, 0.3) is 0 Å². The van der Waals surface area contributed by atoms with Crippen LogP contribution in [0.25, 0.3) is 0 Å². The third kappa shape index (κ3) is 4.32. The molecule has 2 heterocycles. The van der Waals surface area contributed by atoms with Crippen molar-refractivity contribution in [3.63, 3.8) is 0 Å². The number of nitrogens with zero attached hydrogens (tertiary/aromatic N) is 1. The summed E-state index contributed by atoms with van der Waals surface area (Å²) in [6, 6.07) is -0.391. The Kier molecular flexibility index (Phi) is 6.75. The van der Waals surface area contributed by atoms with Crippen molar-refractivity contribution in [2.24, 2.45) is 4.99 Å². The smallest absolute Gasteiger partial charge is 0.159 e. The van der Waals surface area contributed by atoms with Gasteiger partial charge in [-0.1, -0.05) is 31.5 Å². The Morgan fingerprint density at radius 1 is 1.24 bits per heavy atom. The molecule has 0 unspecified atom stereocenters. The number of fused-ring (bicyclic) bond motifs is 1. The molecule has 2 aliphatic heterocycles. The highest BCUT2D eigenvalue weighted by Gasteiger charge is 2.47. The third-order valence-corrected chi connectivity index (χ3v) is 4.93. The Morgan fingerprint density at radius 2 is 2.05 bits per heavy atom. The van der Waals surface area contributed by atoms with E-state index in [1.807, 2.05) is 0 Å². The van der Waals surface area contributed by atoms with Crippen LogP contribution in [-0.4, -0.2) is 63.4 Å². The van der Waals surface area contributed by atoms with Crippen LogP contribution < -0.4 is 5.32 Å². The second-order valence-electron chi connectivity index (χ2n) is 5.57. The number of ether oxygens (including phenoxy) is 1. The molecule has 0 radical (unpaired) electrons. The van der Waals surface area contributed by atoms with E-state index in [0.717, 1.165) is 37.4 Å². The molecule has 5 atom stereocenters. The van der Waals surface area contributed by atoms with Gasteiger partial charge < -0.3 is 25.4 Å². The molecule has 6 nitrogen and oxygen atoms in total. The van der Waals surface area contributed by atoms with E-state index in [9.17, 15) is 10.2 Å². The van der Waals surface area contributed by atoms with Crippen LogP contribution in [-0.2, 0) is 4.74 Å². The minimum atomic E-state index is -0.893. The van der Waals surface area contributed by atoms with Crippen molar-refractivity contribution in [1.29, 1.82) is 0 Å². The van der Waals surface area contributed by atoms with Crippen molar-refractivity contribution in [2.45, 2.75) is 68.8 Å². The van der Waals surface area contributed by atoms with E-state index in [-0.39, 0.29) is 18.1 Å². The summed E-state index contributed by atoms with van der Waals surface area (Å²) < 4.78 is 5.92. The number of nitrogens with one attached hydrogen (secondary N) is 1. The number of aliphatic hydroxyl groups excluding tert-OH is 3. The van der Waals surface area contributed by atoms with Crippen LogP contribution in [0.5, 0.6) is 0 Å². The van der Waals surface area contributed by atoms with Crippen LogP contribution in [0.1, 0.15) is 39.0 Å². The summed E-state index contributed by atoms with van der Waals surface area (Å²) >= 11 is 1.49. The van der Waals surface area contributed by atoms with Crippen molar-refractivity contribution in [1.82, 2.24) is 5.32 Å². The van der Waals surface area contributed by atoms with Gasteiger partial charge >= 0.3 is 0 Å². The minimum absolute atomic E-state index is 0.192. The van der Waals surface area contributed by atoms with E-state index in [4.69, 9.17) is 9.84 Å². The third-order valence-electron chi connectivity index (χ3n) is 3.84. The molecule has 0 amide bonds. The molecular weight excluding hydrogens is 292 g/mol. The summed E-state index contributed by atoms with van der Waals surface area (Å²) in [4.78, 5) is 4.42. The topological polar surface area (TPSA) is 94.3 Å². The summed E-state index contributed by atoms with van der Waals surface area (Å²) in [7, 11) is 0. The molecule has 1 fully saturated rings. The quantitative estimate of drug-likeness (QED) is 0.510. The van der Waals surface area contributed by atoms with E-state index in [1.165, 1.54) is 11.8 Å². The summed E-state index contributed by atoms with van der Waals surface area (Å²) in [5, 5.41) is 33.2. The Hall–Kier alpha value is -0.340. The first-order chi connectivity index (χ1) is 10.2. The van der Waals surface area contributed by atoms with Crippen LogP contribution in [0.4, 0.5) is 0 Å². The molecule has 0 aromatic carbocycles. The molecule has 2 aliphatic rings. The summed E-state index contributed by atoms with van der Waals surface area (Å²) in [6.07, 6.45) is 2.12. The minimum Gasteiger partial charge on any atom is -0.396 e. The molecule has 4 N–H and O–H groups in total. The van der Waals surface area contributed by atoms with Gasteiger partial charge in [-0.25, -0.2) is 0 Å². The van der Waals surface area contributed by atoms with Crippen LogP contribution in [0.2, 0.25) is 0 Å². The van der Waals surface area contributed by atoms with E-state index in [2.05, 4.69) is 17.2 Å². The number of rotatable bonds is 7.